The summed E-state index contributed by atoms with van der Waals surface area (Å²) in [5.74, 6) is -0.417. The monoisotopic (exact) mass is 455 g/mol. The van der Waals surface area contributed by atoms with Gasteiger partial charge in [-0.25, -0.2) is 0 Å². The second kappa shape index (κ2) is 7.29. The van der Waals surface area contributed by atoms with Crippen LogP contribution in [0.15, 0.2) is 71.2 Å². The zero-order chi connectivity index (χ0) is 20.8. The summed E-state index contributed by atoms with van der Waals surface area (Å²) in [6.45, 7) is 2.81. The van der Waals surface area contributed by atoms with Crippen LogP contribution in [-0.4, -0.2) is 10.5 Å². The zero-order valence-electron chi connectivity index (χ0n) is 16.6. The van der Waals surface area contributed by atoms with Gasteiger partial charge in [0.2, 0.25) is 5.91 Å². The molecule has 5 rings (SSSR count). The van der Waals surface area contributed by atoms with E-state index in [0.717, 1.165) is 32.7 Å². The van der Waals surface area contributed by atoms with E-state index in [2.05, 4.69) is 82.0 Å². The topological polar surface area (TPSA) is 48.0 Å². The number of amides is 1. The van der Waals surface area contributed by atoms with Crippen LogP contribution in [0.4, 0.5) is 0 Å². The highest BCUT2D eigenvalue weighted by molar-refractivity contribution is 9.10. The van der Waals surface area contributed by atoms with Gasteiger partial charge in [-0.15, -0.1) is 0 Å². The van der Waals surface area contributed by atoms with Gasteiger partial charge in [0.1, 0.15) is 0 Å². The number of fused-ring (bicyclic) bond motifs is 4. The lowest BCUT2D eigenvalue weighted by molar-refractivity contribution is 0.100. The standard InChI is InChI=1S/C26H20BrN2O/c1-2-16-10-13-20-23(14-16)29(22-9-5-8-21(24(20)22)26(28)30)15-18-12-11-17-6-3-4-7-19(17)25(18)27/h3-12,14H,2,15H2,1H3,(H2,28,30). The van der Waals surface area contributed by atoms with Crippen LogP contribution in [0.2, 0.25) is 0 Å². The summed E-state index contributed by atoms with van der Waals surface area (Å²) >= 11 is 3.83. The molecule has 4 heteroatoms. The van der Waals surface area contributed by atoms with Crippen molar-refractivity contribution in [3.8, 4) is 0 Å². The van der Waals surface area contributed by atoms with Crippen molar-refractivity contribution in [3.63, 3.8) is 0 Å². The van der Waals surface area contributed by atoms with Gasteiger partial charge in [-0.05, 0) is 68.5 Å². The number of hydrogen-bond donors (Lipinski definition) is 1. The number of primary amides is 1. The molecule has 4 aromatic carbocycles. The molecular formula is C26H20BrN2O. The average molecular weight is 456 g/mol. The molecule has 0 aliphatic rings. The molecule has 1 radical (unpaired) electrons. The fraction of sp³-hybridized carbons (Fsp3) is 0.115. The maximum absolute atomic E-state index is 12.1. The number of nitrogens with zero attached hydrogens (tertiary/aromatic N) is 1. The van der Waals surface area contributed by atoms with Crippen molar-refractivity contribution in [1.82, 2.24) is 4.57 Å². The number of carbonyl (C=O) groups is 1. The molecule has 2 N–H and O–H groups in total. The van der Waals surface area contributed by atoms with Crippen LogP contribution in [0.1, 0.15) is 28.4 Å². The normalized spacial score (nSPS) is 11.5. The molecule has 1 amide bonds. The van der Waals surface area contributed by atoms with E-state index in [1.165, 1.54) is 21.9 Å². The summed E-state index contributed by atoms with van der Waals surface area (Å²) in [6.07, 6.45) is 0.927. The number of hydrogen-bond acceptors (Lipinski definition) is 1. The highest BCUT2D eigenvalue weighted by atomic mass is 79.9. The van der Waals surface area contributed by atoms with Crippen molar-refractivity contribution in [2.45, 2.75) is 19.9 Å². The van der Waals surface area contributed by atoms with Crippen molar-refractivity contribution >= 4 is 54.4 Å². The summed E-state index contributed by atoms with van der Waals surface area (Å²) in [5.41, 5.74) is 10.7. The molecule has 0 aliphatic heterocycles. The number of halogens is 1. The summed E-state index contributed by atoms with van der Waals surface area (Å²) in [7, 11) is 0. The molecule has 0 saturated heterocycles. The molecule has 147 valence electrons. The summed E-state index contributed by atoms with van der Waals surface area (Å²) < 4.78 is 3.36. The van der Waals surface area contributed by atoms with Gasteiger partial charge >= 0.3 is 0 Å². The molecule has 30 heavy (non-hydrogen) atoms. The first-order chi connectivity index (χ1) is 14.6. The highest BCUT2D eigenvalue weighted by Gasteiger charge is 2.18. The Morgan fingerprint density at radius 3 is 2.70 bits per heavy atom. The molecule has 0 atom stereocenters. The first kappa shape index (κ1) is 18.9. The van der Waals surface area contributed by atoms with Crippen molar-refractivity contribution < 1.29 is 4.79 Å². The molecule has 0 spiro atoms. The molecule has 0 fully saturated rings. The minimum atomic E-state index is -0.417. The molecule has 0 saturated carbocycles. The van der Waals surface area contributed by atoms with E-state index >= 15 is 0 Å². The molecule has 0 bridgehead atoms. The smallest absolute Gasteiger partial charge is 0.249 e. The van der Waals surface area contributed by atoms with Gasteiger partial charge < -0.3 is 10.3 Å². The Labute approximate surface area is 183 Å². The Balaban J connectivity index is 1.80. The molecular weight excluding hydrogens is 436 g/mol. The maximum Gasteiger partial charge on any atom is 0.249 e. The Bertz CT molecular complexity index is 1450. The molecule has 1 aromatic heterocycles. The van der Waals surface area contributed by atoms with E-state index in [-0.39, 0.29) is 0 Å². The fourth-order valence-electron chi connectivity index (χ4n) is 4.25. The van der Waals surface area contributed by atoms with E-state index in [9.17, 15) is 4.79 Å². The first-order valence-electron chi connectivity index (χ1n) is 10.00. The second-order valence-corrected chi connectivity index (χ2v) is 8.32. The highest BCUT2D eigenvalue weighted by Crippen LogP contribution is 2.35. The van der Waals surface area contributed by atoms with Crippen molar-refractivity contribution in [1.29, 1.82) is 0 Å². The molecule has 3 nitrogen and oxygen atoms in total. The summed E-state index contributed by atoms with van der Waals surface area (Å²) in [6, 6.07) is 26.0. The molecule has 5 aromatic rings. The minimum Gasteiger partial charge on any atom is -0.366 e. The van der Waals surface area contributed by atoms with E-state index in [4.69, 9.17) is 5.73 Å². The maximum atomic E-state index is 12.1. The zero-order valence-corrected chi connectivity index (χ0v) is 18.2. The summed E-state index contributed by atoms with van der Waals surface area (Å²) in [5, 5.41) is 4.20. The lowest BCUT2D eigenvalue weighted by atomic mass is 10.0. The van der Waals surface area contributed by atoms with E-state index in [0.29, 0.717) is 12.1 Å². The van der Waals surface area contributed by atoms with Crippen molar-refractivity contribution in [2.75, 3.05) is 0 Å². The molecule has 0 aliphatic carbocycles. The van der Waals surface area contributed by atoms with Gasteiger partial charge in [0.25, 0.3) is 0 Å². The van der Waals surface area contributed by atoms with Gasteiger partial charge in [-0.1, -0.05) is 55.5 Å². The predicted octanol–water partition coefficient (Wildman–Crippen LogP) is 6.22. The Hall–Kier alpha value is -3.11. The van der Waals surface area contributed by atoms with Gasteiger partial charge in [0, 0.05) is 27.4 Å². The van der Waals surface area contributed by atoms with Crippen molar-refractivity contribution in [2.24, 2.45) is 5.73 Å². The number of aromatic nitrogens is 1. The van der Waals surface area contributed by atoms with Crippen LogP contribution in [0.3, 0.4) is 0 Å². The average Bonchev–Trinajstić information content (AvgIpc) is 3.08. The van der Waals surface area contributed by atoms with E-state index < -0.39 is 5.91 Å². The van der Waals surface area contributed by atoms with Gasteiger partial charge in [-0.2, -0.15) is 0 Å². The number of nitrogens with two attached hydrogens (primary N) is 1. The van der Waals surface area contributed by atoms with Crippen LogP contribution in [-0.2, 0) is 13.0 Å². The van der Waals surface area contributed by atoms with Crippen LogP contribution >= 0.6 is 15.9 Å². The van der Waals surface area contributed by atoms with Crippen LogP contribution in [0, 0.1) is 6.07 Å². The van der Waals surface area contributed by atoms with E-state index in [1.54, 1.807) is 6.07 Å². The van der Waals surface area contributed by atoms with Crippen LogP contribution in [0.25, 0.3) is 32.6 Å². The number of aryl methyl sites for hydroxylation is 1. The third-order valence-corrected chi connectivity index (χ3v) is 6.74. The van der Waals surface area contributed by atoms with E-state index in [1.807, 2.05) is 12.1 Å². The fourth-order valence-corrected chi connectivity index (χ4v) is 4.87. The third kappa shape index (κ3) is 2.91. The van der Waals surface area contributed by atoms with Gasteiger partial charge in [-0.3, -0.25) is 4.79 Å². The number of benzene rings is 4. The lowest BCUT2D eigenvalue weighted by Crippen LogP contribution is -2.11. The predicted molar refractivity (Wildman–Crippen MR) is 127 cm³/mol. The Kier molecular flexibility index (Phi) is 4.59. The second-order valence-electron chi connectivity index (χ2n) is 7.53. The van der Waals surface area contributed by atoms with Crippen molar-refractivity contribution in [3.05, 3.63) is 94.0 Å². The minimum absolute atomic E-state index is 0.417. The van der Waals surface area contributed by atoms with Crippen LogP contribution in [0.5, 0.6) is 0 Å². The number of carbonyl (C=O) groups excluding carboxylic acids is 1. The largest absolute Gasteiger partial charge is 0.366 e. The summed E-state index contributed by atoms with van der Waals surface area (Å²) in [4.78, 5) is 12.1. The first-order valence-corrected chi connectivity index (χ1v) is 10.8. The lowest BCUT2D eigenvalue weighted by Gasteiger charge is -2.12. The number of rotatable bonds is 4. The Morgan fingerprint density at radius 1 is 1.07 bits per heavy atom. The molecule has 0 unspecified atom stereocenters. The van der Waals surface area contributed by atoms with Gasteiger partial charge in [0.05, 0.1) is 11.0 Å². The van der Waals surface area contributed by atoms with Crippen LogP contribution < -0.4 is 5.73 Å². The SMILES string of the molecule is CCc1c[c]c2c3c(C(N)=O)cccc3n(Cc3ccc4ccccc4c3Br)c2c1. The quantitative estimate of drug-likeness (QED) is 0.343. The Morgan fingerprint density at radius 2 is 1.90 bits per heavy atom. The van der Waals surface area contributed by atoms with Gasteiger partial charge in [0.15, 0.2) is 0 Å². The molecule has 1 heterocycles. The third-order valence-electron chi connectivity index (χ3n) is 5.80.